The average Bonchev–Trinajstić information content (AvgIpc) is 2.39. The van der Waals surface area contributed by atoms with Crippen molar-refractivity contribution in [2.24, 2.45) is 5.73 Å². The highest BCUT2D eigenvalue weighted by molar-refractivity contribution is 9.10. The SMILES string of the molecule is COc1cc(Br)c(C2OCCCC2N)cc1OC. The predicted molar refractivity (Wildman–Crippen MR) is 73.1 cm³/mol. The Labute approximate surface area is 116 Å². The third-order valence-corrected chi connectivity index (χ3v) is 3.86. The third kappa shape index (κ3) is 2.63. The van der Waals surface area contributed by atoms with Crippen molar-refractivity contribution in [3.63, 3.8) is 0 Å². The Morgan fingerprint density at radius 1 is 1.28 bits per heavy atom. The van der Waals surface area contributed by atoms with Crippen LogP contribution < -0.4 is 15.2 Å². The number of nitrogens with two attached hydrogens (primary N) is 1. The second kappa shape index (κ2) is 5.91. The van der Waals surface area contributed by atoms with E-state index in [1.807, 2.05) is 12.1 Å². The number of hydrogen-bond donors (Lipinski definition) is 1. The van der Waals surface area contributed by atoms with Gasteiger partial charge in [0, 0.05) is 22.7 Å². The van der Waals surface area contributed by atoms with Gasteiger partial charge in [0.2, 0.25) is 0 Å². The van der Waals surface area contributed by atoms with Crippen molar-refractivity contribution in [1.82, 2.24) is 0 Å². The van der Waals surface area contributed by atoms with Crippen molar-refractivity contribution in [3.05, 3.63) is 22.2 Å². The molecule has 1 aromatic rings. The first-order valence-electron chi connectivity index (χ1n) is 5.96. The molecular weight excluding hydrogens is 298 g/mol. The quantitative estimate of drug-likeness (QED) is 0.931. The molecule has 0 radical (unpaired) electrons. The van der Waals surface area contributed by atoms with Crippen LogP contribution >= 0.6 is 15.9 Å². The van der Waals surface area contributed by atoms with E-state index in [9.17, 15) is 0 Å². The lowest BCUT2D eigenvalue weighted by atomic mass is 9.96. The molecule has 1 saturated heterocycles. The second-order valence-electron chi connectivity index (χ2n) is 4.33. The highest BCUT2D eigenvalue weighted by atomic mass is 79.9. The number of rotatable bonds is 3. The number of halogens is 1. The molecule has 0 aliphatic carbocycles. The van der Waals surface area contributed by atoms with Gasteiger partial charge in [-0.05, 0) is 25.0 Å². The summed E-state index contributed by atoms with van der Waals surface area (Å²) in [6.45, 7) is 0.749. The van der Waals surface area contributed by atoms with E-state index in [1.54, 1.807) is 14.2 Å². The zero-order chi connectivity index (χ0) is 13.1. The van der Waals surface area contributed by atoms with Crippen molar-refractivity contribution >= 4 is 15.9 Å². The molecular formula is C13H18BrNO3. The van der Waals surface area contributed by atoms with Crippen molar-refractivity contribution in [1.29, 1.82) is 0 Å². The molecule has 0 aromatic heterocycles. The van der Waals surface area contributed by atoms with Crippen LogP contribution in [0.1, 0.15) is 24.5 Å². The van der Waals surface area contributed by atoms with Crippen LogP contribution in [0.25, 0.3) is 0 Å². The largest absolute Gasteiger partial charge is 0.493 e. The molecule has 2 rings (SSSR count). The standard InChI is InChI=1S/C13H18BrNO3/c1-16-11-6-8(9(14)7-12(11)17-2)13-10(15)4-3-5-18-13/h6-7,10,13H,3-5,15H2,1-2H3. The topological polar surface area (TPSA) is 53.7 Å². The zero-order valence-corrected chi connectivity index (χ0v) is 12.2. The summed E-state index contributed by atoms with van der Waals surface area (Å²) in [6.07, 6.45) is 1.90. The lowest BCUT2D eigenvalue weighted by molar-refractivity contribution is -0.000413. The Bertz CT molecular complexity index is 425. The van der Waals surface area contributed by atoms with Crippen molar-refractivity contribution < 1.29 is 14.2 Å². The number of benzene rings is 1. The Morgan fingerprint density at radius 2 is 1.94 bits per heavy atom. The van der Waals surface area contributed by atoms with Gasteiger partial charge in [-0.3, -0.25) is 0 Å². The summed E-state index contributed by atoms with van der Waals surface area (Å²) in [5, 5.41) is 0. The molecule has 0 spiro atoms. The minimum atomic E-state index is -0.0899. The smallest absolute Gasteiger partial charge is 0.161 e. The molecule has 0 bridgehead atoms. The minimum Gasteiger partial charge on any atom is -0.493 e. The third-order valence-electron chi connectivity index (χ3n) is 3.18. The summed E-state index contributed by atoms with van der Waals surface area (Å²) in [6, 6.07) is 3.84. The van der Waals surface area contributed by atoms with Gasteiger partial charge in [0.15, 0.2) is 11.5 Å². The lowest BCUT2D eigenvalue weighted by Gasteiger charge is -2.30. The van der Waals surface area contributed by atoms with Crippen LogP contribution in [0, 0.1) is 0 Å². The maximum atomic E-state index is 6.12. The maximum absolute atomic E-state index is 6.12. The molecule has 1 heterocycles. The number of ether oxygens (including phenoxy) is 3. The summed E-state index contributed by atoms with van der Waals surface area (Å²) in [4.78, 5) is 0. The molecule has 2 N–H and O–H groups in total. The molecule has 2 unspecified atom stereocenters. The van der Waals surface area contributed by atoms with Gasteiger partial charge in [-0.25, -0.2) is 0 Å². The Kier molecular flexibility index (Phi) is 4.48. The van der Waals surface area contributed by atoms with E-state index >= 15 is 0 Å². The zero-order valence-electron chi connectivity index (χ0n) is 10.6. The van der Waals surface area contributed by atoms with E-state index in [0.717, 1.165) is 29.5 Å². The van der Waals surface area contributed by atoms with E-state index in [-0.39, 0.29) is 12.1 Å². The maximum Gasteiger partial charge on any atom is 0.161 e. The molecule has 1 fully saturated rings. The normalized spacial score (nSPS) is 23.8. The fourth-order valence-corrected chi connectivity index (χ4v) is 2.76. The van der Waals surface area contributed by atoms with Gasteiger partial charge in [0.1, 0.15) is 0 Å². The Hall–Kier alpha value is -0.780. The van der Waals surface area contributed by atoms with Crippen LogP contribution in [-0.2, 0) is 4.74 Å². The molecule has 1 aliphatic heterocycles. The van der Waals surface area contributed by atoms with Gasteiger partial charge in [-0.15, -0.1) is 0 Å². The van der Waals surface area contributed by atoms with Crippen LogP contribution in [0.2, 0.25) is 0 Å². The first-order chi connectivity index (χ1) is 8.67. The van der Waals surface area contributed by atoms with E-state index in [4.69, 9.17) is 19.9 Å². The highest BCUT2D eigenvalue weighted by Crippen LogP contribution is 2.39. The molecule has 1 aliphatic rings. The van der Waals surface area contributed by atoms with E-state index in [2.05, 4.69) is 15.9 Å². The van der Waals surface area contributed by atoms with Crippen molar-refractivity contribution in [2.45, 2.75) is 25.0 Å². The van der Waals surface area contributed by atoms with Crippen LogP contribution in [0.15, 0.2) is 16.6 Å². The minimum absolute atomic E-state index is 0.0214. The Balaban J connectivity index is 2.37. The summed E-state index contributed by atoms with van der Waals surface area (Å²) in [5.41, 5.74) is 7.14. The average molecular weight is 316 g/mol. The van der Waals surface area contributed by atoms with Gasteiger partial charge < -0.3 is 19.9 Å². The van der Waals surface area contributed by atoms with Gasteiger partial charge in [0.05, 0.1) is 20.3 Å². The predicted octanol–water partition coefficient (Wildman–Crippen LogP) is 2.65. The molecule has 100 valence electrons. The number of hydrogen-bond acceptors (Lipinski definition) is 4. The fraction of sp³-hybridized carbons (Fsp3) is 0.538. The molecule has 5 heteroatoms. The van der Waals surface area contributed by atoms with Crippen LogP contribution in [0.4, 0.5) is 0 Å². The molecule has 2 atom stereocenters. The first-order valence-corrected chi connectivity index (χ1v) is 6.75. The van der Waals surface area contributed by atoms with E-state index < -0.39 is 0 Å². The molecule has 4 nitrogen and oxygen atoms in total. The van der Waals surface area contributed by atoms with Crippen LogP contribution in [-0.4, -0.2) is 26.9 Å². The van der Waals surface area contributed by atoms with Crippen molar-refractivity contribution in [2.75, 3.05) is 20.8 Å². The van der Waals surface area contributed by atoms with Gasteiger partial charge in [0.25, 0.3) is 0 Å². The van der Waals surface area contributed by atoms with Gasteiger partial charge in [-0.2, -0.15) is 0 Å². The summed E-state index contributed by atoms with van der Waals surface area (Å²) in [7, 11) is 3.24. The summed E-state index contributed by atoms with van der Waals surface area (Å²) < 4.78 is 17.3. The summed E-state index contributed by atoms with van der Waals surface area (Å²) in [5.74, 6) is 1.38. The fourth-order valence-electron chi connectivity index (χ4n) is 2.21. The highest BCUT2D eigenvalue weighted by Gasteiger charge is 2.27. The molecule has 0 saturated carbocycles. The van der Waals surface area contributed by atoms with Crippen LogP contribution in [0.3, 0.4) is 0 Å². The molecule has 0 amide bonds. The monoisotopic (exact) mass is 315 g/mol. The second-order valence-corrected chi connectivity index (χ2v) is 5.18. The molecule has 1 aromatic carbocycles. The first kappa shape index (κ1) is 13.6. The number of methoxy groups -OCH3 is 2. The van der Waals surface area contributed by atoms with E-state index in [1.165, 1.54) is 0 Å². The van der Waals surface area contributed by atoms with Crippen molar-refractivity contribution in [3.8, 4) is 11.5 Å². The lowest BCUT2D eigenvalue weighted by Crippen LogP contribution is -2.34. The van der Waals surface area contributed by atoms with Gasteiger partial charge >= 0.3 is 0 Å². The summed E-state index contributed by atoms with van der Waals surface area (Å²) >= 11 is 3.54. The van der Waals surface area contributed by atoms with Gasteiger partial charge in [-0.1, -0.05) is 15.9 Å². The van der Waals surface area contributed by atoms with E-state index in [0.29, 0.717) is 11.5 Å². The Morgan fingerprint density at radius 3 is 2.56 bits per heavy atom. The molecule has 18 heavy (non-hydrogen) atoms. The van der Waals surface area contributed by atoms with Crippen LogP contribution in [0.5, 0.6) is 11.5 Å².